The first-order chi connectivity index (χ1) is 10.0. The van der Waals surface area contributed by atoms with Crippen molar-refractivity contribution in [2.75, 3.05) is 24.6 Å². The smallest absolute Gasteiger partial charge is 0.322 e. The van der Waals surface area contributed by atoms with Crippen LogP contribution < -0.4 is 10.2 Å². The molecule has 0 aliphatic carbocycles. The van der Waals surface area contributed by atoms with Crippen molar-refractivity contribution in [1.29, 1.82) is 0 Å². The van der Waals surface area contributed by atoms with E-state index in [0.717, 1.165) is 0 Å². The summed E-state index contributed by atoms with van der Waals surface area (Å²) < 4.78 is 0. The molecule has 0 bridgehead atoms. The zero-order valence-electron chi connectivity index (χ0n) is 11.3. The number of carbonyl (C=O) groups is 3. The van der Waals surface area contributed by atoms with Crippen LogP contribution in [-0.4, -0.2) is 47.7 Å². The molecular weight excluding hydrogens is 276 g/mol. The largest absolute Gasteiger partial charge is 0.480 e. The van der Waals surface area contributed by atoms with Crippen molar-refractivity contribution in [3.8, 4) is 0 Å². The summed E-state index contributed by atoms with van der Waals surface area (Å²) in [7, 11) is 0. The van der Waals surface area contributed by atoms with Gasteiger partial charge in [-0.2, -0.15) is 0 Å². The third-order valence-corrected chi connectivity index (χ3v) is 3.30. The van der Waals surface area contributed by atoms with Gasteiger partial charge in [-0.05, 0) is 24.3 Å². The number of aliphatic hydroxyl groups is 1. The van der Waals surface area contributed by atoms with Crippen LogP contribution >= 0.6 is 0 Å². The predicted octanol–water partition coefficient (Wildman–Crippen LogP) is -0.154. The van der Waals surface area contributed by atoms with E-state index in [1.807, 2.05) is 0 Å². The molecule has 1 heterocycles. The molecule has 112 valence electrons. The fraction of sp³-hybridized carbons (Fsp3) is 0.357. The Morgan fingerprint density at radius 3 is 2.48 bits per heavy atom. The van der Waals surface area contributed by atoms with Crippen LogP contribution in [0.15, 0.2) is 24.3 Å². The van der Waals surface area contributed by atoms with Gasteiger partial charge < -0.3 is 20.4 Å². The van der Waals surface area contributed by atoms with Crippen LogP contribution in [0.2, 0.25) is 0 Å². The number of carboxylic acids is 1. The molecule has 1 saturated heterocycles. The molecule has 1 aromatic carbocycles. The van der Waals surface area contributed by atoms with Crippen LogP contribution in [0.3, 0.4) is 0 Å². The number of aliphatic hydroxyl groups excluding tert-OH is 1. The van der Waals surface area contributed by atoms with Crippen molar-refractivity contribution in [1.82, 2.24) is 5.32 Å². The van der Waals surface area contributed by atoms with Gasteiger partial charge in [0.25, 0.3) is 5.91 Å². The Morgan fingerprint density at radius 1 is 1.29 bits per heavy atom. The van der Waals surface area contributed by atoms with Gasteiger partial charge in [0.05, 0.1) is 0 Å². The molecule has 3 N–H and O–H groups in total. The van der Waals surface area contributed by atoms with Gasteiger partial charge in [-0.1, -0.05) is 0 Å². The Bertz CT molecular complexity index is 555. The van der Waals surface area contributed by atoms with Crippen LogP contribution in [0, 0.1) is 5.92 Å². The molecule has 1 unspecified atom stereocenters. The Morgan fingerprint density at radius 2 is 1.95 bits per heavy atom. The van der Waals surface area contributed by atoms with E-state index in [9.17, 15) is 14.4 Å². The number of amides is 2. The lowest BCUT2D eigenvalue weighted by molar-refractivity contribution is -0.135. The van der Waals surface area contributed by atoms with E-state index in [0.29, 0.717) is 24.2 Å². The van der Waals surface area contributed by atoms with E-state index in [-0.39, 0.29) is 18.4 Å². The van der Waals surface area contributed by atoms with E-state index < -0.39 is 18.4 Å². The third kappa shape index (κ3) is 3.57. The number of nitrogens with zero attached hydrogens (tertiary/aromatic N) is 1. The zero-order chi connectivity index (χ0) is 15.4. The zero-order valence-corrected chi connectivity index (χ0v) is 11.3. The summed E-state index contributed by atoms with van der Waals surface area (Å²) in [6.07, 6.45) is 0.317. The van der Waals surface area contributed by atoms with Crippen molar-refractivity contribution in [3.05, 3.63) is 29.8 Å². The monoisotopic (exact) mass is 292 g/mol. The van der Waals surface area contributed by atoms with Crippen LogP contribution in [0.1, 0.15) is 16.8 Å². The predicted molar refractivity (Wildman–Crippen MR) is 74.0 cm³/mol. The summed E-state index contributed by atoms with van der Waals surface area (Å²) in [6, 6.07) is 6.33. The quantitative estimate of drug-likeness (QED) is 0.699. The van der Waals surface area contributed by atoms with Crippen molar-refractivity contribution >= 4 is 23.5 Å². The van der Waals surface area contributed by atoms with Crippen LogP contribution in [0.4, 0.5) is 5.69 Å². The highest BCUT2D eigenvalue weighted by Crippen LogP contribution is 2.24. The van der Waals surface area contributed by atoms with Crippen molar-refractivity contribution in [3.63, 3.8) is 0 Å². The molecule has 7 nitrogen and oxygen atoms in total. The molecule has 1 atom stereocenters. The van der Waals surface area contributed by atoms with E-state index in [2.05, 4.69) is 5.32 Å². The van der Waals surface area contributed by atoms with Crippen molar-refractivity contribution in [2.45, 2.75) is 6.42 Å². The Hall–Kier alpha value is -2.41. The maximum absolute atomic E-state index is 11.8. The average Bonchev–Trinajstić information content (AvgIpc) is 2.86. The number of anilines is 1. The van der Waals surface area contributed by atoms with E-state index in [1.165, 1.54) is 12.1 Å². The highest BCUT2D eigenvalue weighted by Gasteiger charge is 2.29. The first-order valence-electron chi connectivity index (χ1n) is 6.52. The van der Waals surface area contributed by atoms with Crippen molar-refractivity contribution in [2.24, 2.45) is 5.92 Å². The Labute approximate surface area is 121 Å². The third-order valence-electron chi connectivity index (χ3n) is 3.30. The molecule has 7 heteroatoms. The summed E-state index contributed by atoms with van der Waals surface area (Å²) in [5.74, 6) is -1.71. The number of hydrogen-bond donors (Lipinski definition) is 3. The minimum atomic E-state index is -1.11. The second kappa shape index (κ2) is 6.36. The summed E-state index contributed by atoms with van der Waals surface area (Å²) in [5, 5.41) is 19.8. The van der Waals surface area contributed by atoms with Gasteiger partial charge in [0.15, 0.2) is 0 Å². The van der Waals surface area contributed by atoms with Crippen LogP contribution in [0.25, 0.3) is 0 Å². The molecule has 1 aliphatic heterocycles. The van der Waals surface area contributed by atoms with E-state index in [4.69, 9.17) is 10.2 Å². The first-order valence-corrected chi connectivity index (χ1v) is 6.52. The Balaban J connectivity index is 2.04. The summed E-state index contributed by atoms with van der Waals surface area (Å²) in [5.41, 5.74) is 0.982. The second-order valence-electron chi connectivity index (χ2n) is 4.88. The molecule has 0 spiro atoms. The summed E-state index contributed by atoms with van der Waals surface area (Å²) >= 11 is 0. The molecule has 2 rings (SSSR count). The average molecular weight is 292 g/mol. The SMILES string of the molecule is O=C(O)CNC(=O)c1ccc(N2CC(CO)CC2=O)cc1. The van der Waals surface area contributed by atoms with Gasteiger partial charge in [0, 0.05) is 36.7 Å². The lowest BCUT2D eigenvalue weighted by Gasteiger charge is -2.16. The van der Waals surface area contributed by atoms with Gasteiger partial charge in [0.2, 0.25) is 5.91 Å². The highest BCUT2D eigenvalue weighted by molar-refractivity contribution is 5.98. The van der Waals surface area contributed by atoms with Crippen LogP contribution in [0.5, 0.6) is 0 Å². The number of hydrogen-bond acceptors (Lipinski definition) is 4. The number of nitrogens with one attached hydrogen (secondary N) is 1. The molecule has 0 radical (unpaired) electrons. The lowest BCUT2D eigenvalue weighted by Crippen LogP contribution is -2.29. The van der Waals surface area contributed by atoms with Crippen molar-refractivity contribution < 1.29 is 24.6 Å². The number of rotatable bonds is 5. The number of aliphatic carboxylic acids is 1. The van der Waals surface area contributed by atoms with Gasteiger partial charge in [-0.25, -0.2) is 0 Å². The number of benzene rings is 1. The van der Waals surface area contributed by atoms with Gasteiger partial charge >= 0.3 is 5.97 Å². The minimum Gasteiger partial charge on any atom is -0.480 e. The summed E-state index contributed by atoms with van der Waals surface area (Å²) in [6.45, 7) is -0.0127. The minimum absolute atomic E-state index is 0.0298. The normalized spacial score (nSPS) is 17.9. The molecule has 0 aromatic heterocycles. The fourth-order valence-corrected chi connectivity index (χ4v) is 2.20. The Kier molecular flexibility index (Phi) is 4.54. The molecule has 2 amide bonds. The van der Waals surface area contributed by atoms with Gasteiger partial charge in [-0.3, -0.25) is 14.4 Å². The summed E-state index contributed by atoms with van der Waals surface area (Å²) in [4.78, 5) is 35.4. The molecule has 1 aromatic rings. The molecule has 21 heavy (non-hydrogen) atoms. The topological polar surface area (TPSA) is 107 Å². The molecule has 1 aliphatic rings. The van der Waals surface area contributed by atoms with E-state index >= 15 is 0 Å². The standard InChI is InChI=1S/C14H16N2O5/c17-8-9-5-12(18)16(7-9)11-3-1-10(2-4-11)14(21)15-6-13(19)20/h1-4,9,17H,5-8H2,(H,15,21)(H,19,20). The molecule has 1 fully saturated rings. The molecular formula is C14H16N2O5. The maximum atomic E-state index is 11.8. The van der Waals surface area contributed by atoms with Crippen LogP contribution in [-0.2, 0) is 9.59 Å². The number of carboxylic acid groups (broad SMARTS) is 1. The first kappa shape index (κ1) is 15.0. The maximum Gasteiger partial charge on any atom is 0.322 e. The van der Waals surface area contributed by atoms with Gasteiger partial charge in [-0.15, -0.1) is 0 Å². The fourth-order valence-electron chi connectivity index (χ4n) is 2.20. The second-order valence-corrected chi connectivity index (χ2v) is 4.88. The number of carbonyl (C=O) groups excluding carboxylic acids is 2. The highest BCUT2D eigenvalue weighted by atomic mass is 16.4. The van der Waals surface area contributed by atoms with Gasteiger partial charge in [0.1, 0.15) is 6.54 Å². The lowest BCUT2D eigenvalue weighted by atomic mass is 10.1. The van der Waals surface area contributed by atoms with E-state index in [1.54, 1.807) is 17.0 Å². The molecule has 0 saturated carbocycles.